The maximum atomic E-state index is 6.05. The van der Waals surface area contributed by atoms with E-state index < -0.39 is 0 Å². The van der Waals surface area contributed by atoms with Crippen LogP contribution < -0.4 is 5.73 Å². The SMILES string of the molecule is CC(C)OC(CN)C(c1ccccc1)c1ccccc1. The maximum absolute atomic E-state index is 6.05. The number of ether oxygens (including phenoxy) is 1. The number of hydrogen-bond donors (Lipinski definition) is 1. The lowest BCUT2D eigenvalue weighted by molar-refractivity contribution is 0.00425. The van der Waals surface area contributed by atoms with Crippen molar-refractivity contribution in [3.05, 3.63) is 71.8 Å². The van der Waals surface area contributed by atoms with Crippen molar-refractivity contribution in [3.63, 3.8) is 0 Å². The molecule has 0 radical (unpaired) electrons. The Morgan fingerprint density at radius 3 is 1.65 bits per heavy atom. The summed E-state index contributed by atoms with van der Waals surface area (Å²) in [5, 5.41) is 0. The fraction of sp³-hybridized carbons (Fsp3) is 0.333. The zero-order valence-corrected chi connectivity index (χ0v) is 12.2. The zero-order valence-electron chi connectivity index (χ0n) is 12.2. The molecule has 1 unspecified atom stereocenters. The van der Waals surface area contributed by atoms with Gasteiger partial charge in [0.15, 0.2) is 0 Å². The van der Waals surface area contributed by atoms with Crippen LogP contribution in [0.3, 0.4) is 0 Å². The third kappa shape index (κ3) is 3.69. The molecule has 0 aliphatic carbocycles. The molecule has 0 saturated carbocycles. The fourth-order valence-electron chi connectivity index (χ4n) is 2.56. The van der Waals surface area contributed by atoms with Crippen LogP contribution in [0.2, 0.25) is 0 Å². The molecule has 0 saturated heterocycles. The summed E-state index contributed by atoms with van der Waals surface area (Å²) in [4.78, 5) is 0. The van der Waals surface area contributed by atoms with Gasteiger partial charge in [0, 0.05) is 12.5 Å². The maximum Gasteiger partial charge on any atom is 0.0809 e. The molecule has 106 valence electrons. The molecule has 2 N–H and O–H groups in total. The average molecular weight is 269 g/mol. The van der Waals surface area contributed by atoms with Crippen molar-refractivity contribution in [1.82, 2.24) is 0 Å². The molecule has 2 rings (SSSR count). The molecule has 0 bridgehead atoms. The van der Waals surface area contributed by atoms with Gasteiger partial charge in [-0.25, -0.2) is 0 Å². The Hall–Kier alpha value is -1.64. The highest BCUT2D eigenvalue weighted by molar-refractivity contribution is 5.34. The van der Waals surface area contributed by atoms with Crippen LogP contribution in [0.25, 0.3) is 0 Å². The van der Waals surface area contributed by atoms with Gasteiger partial charge in [0.2, 0.25) is 0 Å². The standard InChI is InChI=1S/C18H23NO/c1-14(2)20-17(13-19)18(15-9-5-3-6-10-15)16-11-7-4-8-12-16/h3-12,14,17-18H,13,19H2,1-2H3. The van der Waals surface area contributed by atoms with Crippen LogP contribution in [0.1, 0.15) is 30.9 Å². The van der Waals surface area contributed by atoms with Crippen molar-refractivity contribution in [2.75, 3.05) is 6.54 Å². The van der Waals surface area contributed by atoms with E-state index in [0.717, 1.165) is 0 Å². The van der Waals surface area contributed by atoms with Gasteiger partial charge in [-0.05, 0) is 25.0 Å². The molecular formula is C18H23NO. The summed E-state index contributed by atoms with van der Waals surface area (Å²) < 4.78 is 6.05. The molecule has 1 atom stereocenters. The molecule has 2 aromatic carbocycles. The minimum absolute atomic E-state index is 0.0141. The second-order valence-electron chi connectivity index (χ2n) is 5.26. The van der Waals surface area contributed by atoms with Crippen LogP contribution in [0.4, 0.5) is 0 Å². The summed E-state index contributed by atoms with van der Waals surface area (Å²) in [6, 6.07) is 20.9. The Labute approximate surface area is 121 Å². The molecule has 0 heterocycles. The molecular weight excluding hydrogens is 246 g/mol. The first-order valence-corrected chi connectivity index (χ1v) is 7.17. The second kappa shape index (κ2) is 7.22. The molecule has 0 fully saturated rings. The van der Waals surface area contributed by atoms with E-state index in [-0.39, 0.29) is 18.1 Å². The van der Waals surface area contributed by atoms with E-state index >= 15 is 0 Å². The van der Waals surface area contributed by atoms with E-state index in [1.165, 1.54) is 11.1 Å². The molecule has 20 heavy (non-hydrogen) atoms. The van der Waals surface area contributed by atoms with Gasteiger partial charge in [-0.15, -0.1) is 0 Å². The van der Waals surface area contributed by atoms with Gasteiger partial charge < -0.3 is 10.5 Å². The predicted octanol–water partition coefficient (Wildman–Crippen LogP) is 3.57. The summed E-state index contributed by atoms with van der Waals surface area (Å²) >= 11 is 0. The van der Waals surface area contributed by atoms with Crippen molar-refractivity contribution in [2.24, 2.45) is 5.73 Å². The molecule has 2 nitrogen and oxygen atoms in total. The summed E-state index contributed by atoms with van der Waals surface area (Å²) in [6.07, 6.45) is 0.151. The van der Waals surface area contributed by atoms with Gasteiger partial charge in [0.1, 0.15) is 0 Å². The molecule has 0 amide bonds. The first-order chi connectivity index (χ1) is 9.72. The van der Waals surface area contributed by atoms with Gasteiger partial charge in [0.25, 0.3) is 0 Å². The minimum Gasteiger partial charge on any atom is -0.373 e. The Morgan fingerprint density at radius 1 is 0.850 bits per heavy atom. The number of rotatable bonds is 6. The van der Waals surface area contributed by atoms with Gasteiger partial charge >= 0.3 is 0 Å². The largest absolute Gasteiger partial charge is 0.373 e. The van der Waals surface area contributed by atoms with E-state index in [1.807, 2.05) is 12.1 Å². The number of benzene rings is 2. The van der Waals surface area contributed by atoms with E-state index in [4.69, 9.17) is 10.5 Å². The van der Waals surface area contributed by atoms with Crippen LogP contribution >= 0.6 is 0 Å². The highest BCUT2D eigenvalue weighted by Crippen LogP contribution is 2.29. The van der Waals surface area contributed by atoms with Crippen molar-refractivity contribution < 1.29 is 4.74 Å². The lowest BCUT2D eigenvalue weighted by Crippen LogP contribution is -2.33. The van der Waals surface area contributed by atoms with Crippen LogP contribution in [0.5, 0.6) is 0 Å². The molecule has 0 aliphatic heterocycles. The first kappa shape index (κ1) is 14.8. The number of nitrogens with two attached hydrogens (primary N) is 1. The molecule has 2 heteroatoms. The van der Waals surface area contributed by atoms with Gasteiger partial charge in [-0.3, -0.25) is 0 Å². The average Bonchev–Trinajstić information content (AvgIpc) is 2.48. The predicted molar refractivity (Wildman–Crippen MR) is 83.8 cm³/mol. The zero-order chi connectivity index (χ0) is 14.4. The smallest absolute Gasteiger partial charge is 0.0809 e. The lowest BCUT2D eigenvalue weighted by Gasteiger charge is -2.29. The highest BCUT2D eigenvalue weighted by Gasteiger charge is 2.25. The molecule has 0 aliphatic rings. The Balaban J connectivity index is 2.38. The first-order valence-electron chi connectivity index (χ1n) is 7.17. The molecule has 0 aromatic heterocycles. The third-order valence-corrected chi connectivity index (χ3v) is 3.37. The summed E-state index contributed by atoms with van der Waals surface area (Å²) in [7, 11) is 0. The van der Waals surface area contributed by atoms with Gasteiger partial charge in [-0.1, -0.05) is 60.7 Å². The van der Waals surface area contributed by atoms with E-state index in [9.17, 15) is 0 Å². The Morgan fingerprint density at radius 2 is 1.30 bits per heavy atom. The third-order valence-electron chi connectivity index (χ3n) is 3.37. The highest BCUT2D eigenvalue weighted by atomic mass is 16.5. The second-order valence-corrected chi connectivity index (χ2v) is 5.26. The topological polar surface area (TPSA) is 35.2 Å². The van der Waals surface area contributed by atoms with Crippen LogP contribution in [-0.2, 0) is 4.74 Å². The minimum atomic E-state index is -0.0141. The molecule has 2 aromatic rings. The van der Waals surface area contributed by atoms with Gasteiger partial charge in [0.05, 0.1) is 12.2 Å². The number of hydrogen-bond acceptors (Lipinski definition) is 2. The monoisotopic (exact) mass is 269 g/mol. The fourth-order valence-corrected chi connectivity index (χ4v) is 2.56. The van der Waals surface area contributed by atoms with Crippen molar-refractivity contribution in [3.8, 4) is 0 Å². The van der Waals surface area contributed by atoms with Crippen molar-refractivity contribution in [1.29, 1.82) is 0 Å². The Kier molecular flexibility index (Phi) is 5.33. The van der Waals surface area contributed by atoms with Crippen LogP contribution in [-0.4, -0.2) is 18.8 Å². The molecule has 0 spiro atoms. The Bertz CT molecular complexity index is 456. The lowest BCUT2D eigenvalue weighted by atomic mass is 9.86. The van der Waals surface area contributed by atoms with Crippen molar-refractivity contribution >= 4 is 0 Å². The van der Waals surface area contributed by atoms with Crippen LogP contribution in [0, 0.1) is 0 Å². The quantitative estimate of drug-likeness (QED) is 0.870. The summed E-state index contributed by atoms with van der Waals surface area (Å²) in [5.74, 6) is 0.171. The van der Waals surface area contributed by atoms with E-state index in [0.29, 0.717) is 6.54 Å². The summed E-state index contributed by atoms with van der Waals surface area (Å²) in [6.45, 7) is 4.61. The van der Waals surface area contributed by atoms with Crippen molar-refractivity contribution in [2.45, 2.75) is 32.0 Å². The normalized spacial score (nSPS) is 12.8. The van der Waals surface area contributed by atoms with E-state index in [1.54, 1.807) is 0 Å². The van der Waals surface area contributed by atoms with Gasteiger partial charge in [-0.2, -0.15) is 0 Å². The summed E-state index contributed by atoms with van der Waals surface area (Å²) in [5.41, 5.74) is 8.46. The van der Waals surface area contributed by atoms with Crippen LogP contribution in [0.15, 0.2) is 60.7 Å². The van der Waals surface area contributed by atoms with E-state index in [2.05, 4.69) is 62.4 Å².